The first kappa shape index (κ1) is 14.4. The number of likely N-dealkylation sites (N-methyl/N-ethyl adjacent to an activating group) is 1. The monoisotopic (exact) mass is 299 g/mol. The van der Waals surface area contributed by atoms with Crippen molar-refractivity contribution >= 4 is 29.5 Å². The minimum atomic E-state index is -0.710. The second-order valence-corrected chi connectivity index (χ2v) is 5.42. The molecule has 0 unspecified atom stereocenters. The van der Waals surface area contributed by atoms with Crippen LogP contribution in [0.4, 0.5) is 5.88 Å². The predicted octanol–water partition coefficient (Wildman–Crippen LogP) is 0.791. The van der Waals surface area contributed by atoms with E-state index < -0.39 is 22.8 Å². The molecular weight excluding hydrogens is 286 g/mol. The van der Waals surface area contributed by atoms with Crippen LogP contribution < -0.4 is 0 Å². The highest BCUT2D eigenvalue weighted by Crippen LogP contribution is 2.26. The lowest BCUT2D eigenvalue weighted by molar-refractivity contribution is -0.402. The van der Waals surface area contributed by atoms with Gasteiger partial charge in [0.2, 0.25) is 5.91 Å². The fraction of sp³-hybridized carbons (Fsp3) is 0.455. The van der Waals surface area contributed by atoms with E-state index in [1.807, 2.05) is 0 Å². The van der Waals surface area contributed by atoms with Crippen molar-refractivity contribution in [3.05, 3.63) is 28.0 Å². The van der Waals surface area contributed by atoms with Gasteiger partial charge in [0.25, 0.3) is 5.91 Å². The molecule has 2 rings (SSSR count). The summed E-state index contributed by atoms with van der Waals surface area (Å²) in [5, 5.41) is 10.5. The third-order valence-electron chi connectivity index (χ3n) is 2.85. The van der Waals surface area contributed by atoms with Crippen molar-refractivity contribution in [1.29, 1.82) is 0 Å². The Kier molecular flexibility index (Phi) is 3.98. The van der Waals surface area contributed by atoms with Gasteiger partial charge in [-0.2, -0.15) is 0 Å². The SMILES string of the molecule is CN(C)C(=O)[C@H]1CSCN1C(=O)c1ccc([N+](=O)[O-])o1. The number of furan rings is 1. The van der Waals surface area contributed by atoms with Gasteiger partial charge < -0.3 is 14.2 Å². The number of nitro groups is 1. The highest BCUT2D eigenvalue weighted by atomic mass is 32.2. The summed E-state index contributed by atoms with van der Waals surface area (Å²) in [7, 11) is 3.23. The Balaban J connectivity index is 2.18. The number of hydrogen-bond acceptors (Lipinski definition) is 6. The van der Waals surface area contributed by atoms with Crippen LogP contribution in [-0.4, -0.2) is 58.3 Å². The Hall–Kier alpha value is -2.03. The molecular formula is C11H13N3O5S. The van der Waals surface area contributed by atoms with Crippen molar-refractivity contribution < 1.29 is 18.9 Å². The summed E-state index contributed by atoms with van der Waals surface area (Å²) in [6, 6.07) is 1.81. The Morgan fingerprint density at radius 3 is 2.75 bits per heavy atom. The minimum absolute atomic E-state index is 0.129. The maximum atomic E-state index is 12.2. The smallest absolute Gasteiger partial charge is 0.395 e. The van der Waals surface area contributed by atoms with E-state index in [0.717, 1.165) is 6.07 Å². The van der Waals surface area contributed by atoms with Gasteiger partial charge in [-0.05, 0) is 6.07 Å². The molecule has 0 radical (unpaired) electrons. The largest absolute Gasteiger partial charge is 0.433 e. The Morgan fingerprint density at radius 2 is 2.20 bits per heavy atom. The van der Waals surface area contributed by atoms with Gasteiger partial charge >= 0.3 is 5.88 Å². The number of carbonyl (C=O) groups excluding carboxylic acids is 2. The standard InChI is InChI=1S/C11H13N3O5S/c1-12(2)10(15)7-5-20-6-13(7)11(16)8-3-4-9(19-8)14(17)18/h3-4,7H,5-6H2,1-2H3/t7-/m1/s1. The van der Waals surface area contributed by atoms with E-state index in [4.69, 9.17) is 4.42 Å². The number of hydrogen-bond donors (Lipinski definition) is 0. The van der Waals surface area contributed by atoms with Crippen molar-refractivity contribution in [2.45, 2.75) is 6.04 Å². The number of carbonyl (C=O) groups is 2. The van der Waals surface area contributed by atoms with E-state index in [2.05, 4.69) is 0 Å². The average molecular weight is 299 g/mol. The van der Waals surface area contributed by atoms with Gasteiger partial charge in [-0.15, -0.1) is 11.8 Å². The van der Waals surface area contributed by atoms with Crippen LogP contribution in [0.3, 0.4) is 0 Å². The molecule has 20 heavy (non-hydrogen) atoms. The highest BCUT2D eigenvalue weighted by molar-refractivity contribution is 7.99. The first-order valence-corrected chi connectivity index (χ1v) is 6.91. The zero-order chi connectivity index (χ0) is 14.9. The van der Waals surface area contributed by atoms with Crippen LogP contribution in [0, 0.1) is 10.1 Å². The second kappa shape index (κ2) is 5.53. The first-order chi connectivity index (χ1) is 9.41. The molecule has 1 saturated heterocycles. The maximum Gasteiger partial charge on any atom is 0.433 e. The predicted molar refractivity (Wildman–Crippen MR) is 71.3 cm³/mol. The van der Waals surface area contributed by atoms with Crippen LogP contribution >= 0.6 is 11.8 Å². The summed E-state index contributed by atoms with van der Waals surface area (Å²) < 4.78 is 4.88. The van der Waals surface area contributed by atoms with Crippen molar-refractivity contribution in [2.24, 2.45) is 0 Å². The molecule has 0 bridgehead atoms. The molecule has 0 aliphatic carbocycles. The third kappa shape index (κ3) is 2.62. The van der Waals surface area contributed by atoms with E-state index in [1.54, 1.807) is 14.1 Å². The molecule has 1 aromatic heterocycles. The molecule has 108 valence electrons. The Labute approximate surface area is 118 Å². The summed E-state index contributed by atoms with van der Waals surface area (Å²) in [5.74, 6) is -0.442. The van der Waals surface area contributed by atoms with Crippen molar-refractivity contribution in [2.75, 3.05) is 25.7 Å². The summed E-state index contributed by atoms with van der Waals surface area (Å²) >= 11 is 1.45. The molecule has 0 aromatic carbocycles. The molecule has 0 saturated carbocycles. The molecule has 2 amide bonds. The van der Waals surface area contributed by atoms with Gasteiger partial charge in [-0.25, -0.2) is 0 Å². The fourth-order valence-corrected chi connectivity index (χ4v) is 2.97. The number of rotatable bonds is 3. The molecule has 0 spiro atoms. The van der Waals surface area contributed by atoms with Crippen LogP contribution in [0.5, 0.6) is 0 Å². The molecule has 1 fully saturated rings. The van der Waals surface area contributed by atoms with Gasteiger partial charge in [-0.3, -0.25) is 19.7 Å². The van der Waals surface area contributed by atoms with Gasteiger partial charge in [0, 0.05) is 19.8 Å². The number of amides is 2. The van der Waals surface area contributed by atoms with Crippen molar-refractivity contribution in [1.82, 2.24) is 9.80 Å². The zero-order valence-electron chi connectivity index (χ0n) is 10.9. The van der Waals surface area contributed by atoms with Crippen LogP contribution in [0.2, 0.25) is 0 Å². The van der Waals surface area contributed by atoms with Gasteiger partial charge in [0.05, 0.1) is 11.9 Å². The highest BCUT2D eigenvalue weighted by Gasteiger charge is 2.37. The van der Waals surface area contributed by atoms with Crippen LogP contribution in [-0.2, 0) is 4.79 Å². The lowest BCUT2D eigenvalue weighted by atomic mass is 10.2. The molecule has 1 aromatic rings. The van der Waals surface area contributed by atoms with Crippen LogP contribution in [0.25, 0.3) is 0 Å². The summed E-state index contributed by atoms with van der Waals surface area (Å²) in [5.41, 5.74) is 0. The molecule has 9 heteroatoms. The van der Waals surface area contributed by atoms with E-state index in [0.29, 0.717) is 11.6 Å². The average Bonchev–Trinajstić information content (AvgIpc) is 3.05. The minimum Gasteiger partial charge on any atom is -0.395 e. The van der Waals surface area contributed by atoms with E-state index >= 15 is 0 Å². The van der Waals surface area contributed by atoms with E-state index in [1.165, 1.54) is 27.6 Å². The zero-order valence-corrected chi connectivity index (χ0v) is 11.8. The molecule has 8 nitrogen and oxygen atoms in total. The van der Waals surface area contributed by atoms with E-state index in [-0.39, 0.29) is 11.7 Å². The normalized spacial score (nSPS) is 18.1. The Morgan fingerprint density at radius 1 is 1.50 bits per heavy atom. The van der Waals surface area contributed by atoms with Crippen molar-refractivity contribution in [3.8, 4) is 0 Å². The second-order valence-electron chi connectivity index (χ2n) is 4.42. The molecule has 2 heterocycles. The fourth-order valence-electron chi connectivity index (χ4n) is 1.83. The summed E-state index contributed by atoms with van der Waals surface area (Å²) in [6.45, 7) is 0. The summed E-state index contributed by atoms with van der Waals surface area (Å²) in [6.07, 6.45) is 0. The molecule has 1 aliphatic heterocycles. The lowest BCUT2D eigenvalue weighted by Gasteiger charge is -2.24. The third-order valence-corrected chi connectivity index (χ3v) is 3.86. The summed E-state index contributed by atoms with van der Waals surface area (Å²) in [4.78, 5) is 36.9. The molecule has 1 aliphatic rings. The molecule has 0 N–H and O–H groups in total. The van der Waals surface area contributed by atoms with Crippen LogP contribution in [0.15, 0.2) is 16.5 Å². The van der Waals surface area contributed by atoms with Gasteiger partial charge in [0.15, 0.2) is 5.76 Å². The van der Waals surface area contributed by atoms with Gasteiger partial charge in [0.1, 0.15) is 11.0 Å². The Bertz CT molecular complexity index is 556. The topological polar surface area (TPSA) is 96.9 Å². The van der Waals surface area contributed by atoms with Gasteiger partial charge in [-0.1, -0.05) is 0 Å². The lowest BCUT2D eigenvalue weighted by Crippen LogP contribution is -2.46. The number of nitrogens with zero attached hydrogens (tertiary/aromatic N) is 3. The number of thioether (sulfide) groups is 1. The van der Waals surface area contributed by atoms with Crippen LogP contribution in [0.1, 0.15) is 10.6 Å². The quantitative estimate of drug-likeness (QED) is 0.604. The first-order valence-electron chi connectivity index (χ1n) is 5.76. The maximum absolute atomic E-state index is 12.2. The van der Waals surface area contributed by atoms with E-state index in [9.17, 15) is 19.7 Å². The van der Waals surface area contributed by atoms with Crippen molar-refractivity contribution in [3.63, 3.8) is 0 Å². The molecule has 1 atom stereocenters.